The summed E-state index contributed by atoms with van der Waals surface area (Å²) in [5, 5.41) is 11.3. The van der Waals surface area contributed by atoms with E-state index in [9.17, 15) is 9.59 Å². The molecule has 0 spiro atoms. The first-order valence-corrected chi connectivity index (χ1v) is 11.0. The lowest BCUT2D eigenvalue weighted by atomic mass is 10.5. The summed E-state index contributed by atoms with van der Waals surface area (Å²) >= 11 is 14.0. The van der Waals surface area contributed by atoms with E-state index in [0.717, 1.165) is 24.1 Å². The van der Waals surface area contributed by atoms with Crippen LogP contribution in [-0.2, 0) is 6.54 Å². The van der Waals surface area contributed by atoms with Gasteiger partial charge in [0.05, 0.1) is 0 Å². The van der Waals surface area contributed by atoms with Crippen molar-refractivity contribution in [1.82, 2.24) is 28.8 Å². The second-order valence-corrected chi connectivity index (χ2v) is 7.22. The largest absolute Gasteiger partial charge is 0.350 e. The fourth-order valence-corrected chi connectivity index (χ4v) is 3.09. The van der Waals surface area contributed by atoms with Crippen LogP contribution in [-0.4, -0.2) is 45.9 Å². The molecule has 0 aromatic carbocycles. The van der Waals surface area contributed by atoms with Crippen molar-refractivity contribution in [3.63, 3.8) is 0 Å². The number of aromatic amines is 1. The number of hydrogen-bond acceptors (Lipinski definition) is 4. The van der Waals surface area contributed by atoms with E-state index in [0.29, 0.717) is 23.7 Å². The molecule has 1 N–H and O–H groups in total. The molecule has 11 heteroatoms. The van der Waals surface area contributed by atoms with E-state index in [1.165, 1.54) is 13.5 Å². The number of halogens is 3. The monoisotopic (exact) mass is 502 g/mol. The number of alkyl halides is 3. The summed E-state index contributed by atoms with van der Waals surface area (Å²) in [6.45, 7) is 0.573. The van der Waals surface area contributed by atoms with Gasteiger partial charge in [0.2, 0.25) is 0 Å². The van der Waals surface area contributed by atoms with E-state index in [2.05, 4.69) is 31.2 Å². The van der Waals surface area contributed by atoms with Gasteiger partial charge in [0.1, 0.15) is 0 Å². The first-order chi connectivity index (χ1) is 14.1. The van der Waals surface area contributed by atoms with Crippen LogP contribution < -0.4 is 11.4 Å². The van der Waals surface area contributed by atoms with Crippen LogP contribution in [0.25, 0.3) is 11.3 Å². The number of pyridine rings is 2. The average Bonchev–Trinajstić information content (AvgIpc) is 3.29. The molecule has 0 fully saturated rings. The van der Waals surface area contributed by atoms with Crippen molar-refractivity contribution in [1.29, 1.82) is 0 Å². The molecule has 4 aromatic rings. The molecule has 156 valence electrons. The third kappa shape index (κ3) is 6.73. The lowest BCUT2D eigenvalue weighted by Gasteiger charge is -1.93. The van der Waals surface area contributed by atoms with Crippen LogP contribution >= 0.6 is 39.1 Å². The normalized spacial score (nSPS) is 10.3. The first-order valence-electron chi connectivity index (χ1n) is 8.86. The minimum atomic E-state index is -0.199. The van der Waals surface area contributed by atoms with E-state index in [-0.39, 0.29) is 11.4 Å². The maximum absolute atomic E-state index is 11.7. The van der Waals surface area contributed by atoms with Crippen LogP contribution in [0.5, 0.6) is 0 Å². The summed E-state index contributed by atoms with van der Waals surface area (Å²) in [4.78, 5) is 22.5. The molecule has 0 aliphatic heterocycles. The summed E-state index contributed by atoms with van der Waals surface area (Å²) in [6, 6.07) is 10.8. The number of nitrogens with one attached hydrogen (secondary N) is 1. The molecule has 0 atom stereocenters. The molecular formula is C18H21BrCl2N6O2. The van der Waals surface area contributed by atoms with Gasteiger partial charge in [-0.2, -0.15) is 5.10 Å². The van der Waals surface area contributed by atoms with Crippen molar-refractivity contribution in [2.24, 2.45) is 0 Å². The van der Waals surface area contributed by atoms with Crippen molar-refractivity contribution >= 4 is 50.4 Å². The fraction of sp³-hybridized carbons (Fsp3) is 0.333. The quantitative estimate of drug-likeness (QED) is 0.423. The zero-order chi connectivity index (χ0) is 21.1. The highest BCUT2D eigenvalue weighted by atomic mass is 79.9. The number of nitrogens with zero attached hydrogens (tertiary/aromatic N) is 5. The Labute approximate surface area is 185 Å². The fourth-order valence-electron chi connectivity index (χ4n) is 2.23. The van der Waals surface area contributed by atoms with Crippen molar-refractivity contribution in [2.75, 3.05) is 17.1 Å². The van der Waals surface area contributed by atoms with Crippen LogP contribution in [0.2, 0.25) is 0 Å². The number of aromatic nitrogens is 6. The van der Waals surface area contributed by atoms with E-state index >= 15 is 0 Å². The highest BCUT2D eigenvalue weighted by Gasteiger charge is 2.04. The number of hydrogen-bond donors (Lipinski definition) is 1. The van der Waals surface area contributed by atoms with E-state index in [1.807, 2.05) is 18.2 Å². The summed E-state index contributed by atoms with van der Waals surface area (Å²) in [5.74, 6) is 1.31. The molecule has 0 unspecified atom stereocenters. The van der Waals surface area contributed by atoms with Gasteiger partial charge in [0.15, 0.2) is 11.3 Å². The number of rotatable bonds is 5. The van der Waals surface area contributed by atoms with Gasteiger partial charge in [-0.05, 0) is 37.1 Å². The molecule has 0 radical (unpaired) electrons. The summed E-state index contributed by atoms with van der Waals surface area (Å²) in [6.07, 6.45) is 5.20. The molecule has 0 aliphatic rings. The summed E-state index contributed by atoms with van der Waals surface area (Å²) in [7, 11) is 0. The van der Waals surface area contributed by atoms with E-state index in [1.54, 1.807) is 30.6 Å². The zero-order valence-electron chi connectivity index (χ0n) is 15.5. The van der Waals surface area contributed by atoms with Crippen LogP contribution in [0.1, 0.15) is 12.8 Å². The summed E-state index contributed by atoms with van der Waals surface area (Å²) < 4.78 is 4.41. The number of aryl methyl sites for hydroxylation is 1. The van der Waals surface area contributed by atoms with Crippen LogP contribution in [0.3, 0.4) is 0 Å². The summed E-state index contributed by atoms with van der Waals surface area (Å²) in [5.41, 5.74) is 1.01. The van der Waals surface area contributed by atoms with Crippen LogP contribution in [0.15, 0.2) is 58.4 Å². The molecule has 4 rings (SSSR count). The molecular weight excluding hydrogens is 483 g/mol. The molecule has 0 saturated carbocycles. The highest BCUT2D eigenvalue weighted by Crippen LogP contribution is 1.96. The van der Waals surface area contributed by atoms with E-state index < -0.39 is 0 Å². The Bertz CT molecular complexity index is 1120. The number of fused-ring (bicyclic) bond motifs is 2. The standard InChI is InChI=1S/C9H10ClN3O.C6H5N3O.C3H6BrCl/c10-5-3-7-13-9(14)12-6-2-1-4-8(12)11-13;10-6-8-7-5-3-1-2-4-9(5)6;4-2-1-3-5/h1-2,4,6H,3,5,7H2;1-4H,(H,8,10);1-3H2. The molecule has 29 heavy (non-hydrogen) atoms. The van der Waals surface area contributed by atoms with Gasteiger partial charge < -0.3 is 0 Å². The minimum absolute atomic E-state index is 0.106. The van der Waals surface area contributed by atoms with Crippen molar-refractivity contribution in [2.45, 2.75) is 19.4 Å². The van der Waals surface area contributed by atoms with Gasteiger partial charge in [0, 0.05) is 36.0 Å². The van der Waals surface area contributed by atoms with Gasteiger partial charge in [-0.3, -0.25) is 8.80 Å². The second-order valence-electron chi connectivity index (χ2n) is 5.67. The van der Waals surface area contributed by atoms with Gasteiger partial charge in [0.25, 0.3) is 0 Å². The first kappa shape index (κ1) is 23.2. The Morgan fingerprint density at radius 2 is 1.59 bits per heavy atom. The van der Waals surface area contributed by atoms with E-state index in [4.69, 9.17) is 23.2 Å². The molecule has 8 nitrogen and oxygen atoms in total. The predicted octanol–water partition coefficient (Wildman–Crippen LogP) is 3.16. The second kappa shape index (κ2) is 12.5. The predicted molar refractivity (Wildman–Crippen MR) is 120 cm³/mol. The highest BCUT2D eigenvalue weighted by molar-refractivity contribution is 9.09. The van der Waals surface area contributed by atoms with Crippen molar-refractivity contribution < 1.29 is 0 Å². The van der Waals surface area contributed by atoms with Gasteiger partial charge in [-0.1, -0.05) is 28.1 Å². The van der Waals surface area contributed by atoms with Crippen LogP contribution in [0.4, 0.5) is 0 Å². The molecule has 4 heterocycles. The molecule has 0 aliphatic carbocycles. The van der Waals surface area contributed by atoms with Gasteiger partial charge >= 0.3 is 11.4 Å². The zero-order valence-corrected chi connectivity index (χ0v) is 18.6. The Kier molecular flexibility index (Phi) is 9.96. The van der Waals surface area contributed by atoms with Crippen molar-refractivity contribution in [3.05, 3.63) is 69.8 Å². The Balaban J connectivity index is 0.000000175. The minimum Gasteiger partial charge on any atom is -0.250 e. The third-order valence-corrected chi connectivity index (χ3v) is 4.68. The van der Waals surface area contributed by atoms with Crippen LogP contribution in [0, 0.1) is 0 Å². The Morgan fingerprint density at radius 3 is 2.14 bits per heavy atom. The van der Waals surface area contributed by atoms with Gasteiger partial charge in [-0.15, -0.1) is 28.3 Å². The molecule has 0 amide bonds. The molecule has 0 saturated heterocycles. The third-order valence-electron chi connectivity index (χ3n) is 3.58. The number of H-pyrrole nitrogens is 1. The lowest BCUT2D eigenvalue weighted by molar-refractivity contribution is 0.584. The Hall–Kier alpha value is -2.10. The average molecular weight is 504 g/mol. The van der Waals surface area contributed by atoms with Gasteiger partial charge in [-0.25, -0.2) is 19.4 Å². The maximum Gasteiger partial charge on any atom is 0.350 e. The lowest BCUT2D eigenvalue weighted by Crippen LogP contribution is -2.21. The molecule has 0 bridgehead atoms. The topological polar surface area (TPSA) is 89.5 Å². The van der Waals surface area contributed by atoms with Crippen molar-refractivity contribution in [3.8, 4) is 0 Å². The maximum atomic E-state index is 11.7. The Morgan fingerprint density at radius 1 is 0.931 bits per heavy atom. The smallest absolute Gasteiger partial charge is 0.250 e. The molecule has 4 aromatic heterocycles. The SMILES string of the molecule is ClCCCBr.O=c1[nH]nc2ccccn12.O=c1n(CCCCl)nc2ccccn12.